The number of hydrogen-bond acceptors (Lipinski definition) is 2. The SMILES string of the molecule is CCN(CCC(=O)O)C1CCCCCC1. The van der Waals surface area contributed by atoms with Crippen LogP contribution >= 0.6 is 0 Å². The highest BCUT2D eigenvalue weighted by atomic mass is 16.4. The molecule has 0 spiro atoms. The van der Waals surface area contributed by atoms with E-state index in [4.69, 9.17) is 5.11 Å². The topological polar surface area (TPSA) is 40.5 Å². The normalized spacial score (nSPS) is 19.1. The van der Waals surface area contributed by atoms with Crippen molar-refractivity contribution in [3.05, 3.63) is 0 Å². The summed E-state index contributed by atoms with van der Waals surface area (Å²) in [6, 6.07) is 0.636. The molecule has 0 unspecified atom stereocenters. The number of carboxylic acids is 1. The van der Waals surface area contributed by atoms with E-state index in [0.717, 1.165) is 13.1 Å². The second-order valence-electron chi connectivity index (χ2n) is 4.42. The Morgan fingerprint density at radius 3 is 2.33 bits per heavy atom. The van der Waals surface area contributed by atoms with E-state index < -0.39 is 5.97 Å². The van der Waals surface area contributed by atoms with Crippen LogP contribution in [0.1, 0.15) is 51.9 Å². The lowest BCUT2D eigenvalue weighted by molar-refractivity contribution is -0.137. The molecule has 3 heteroatoms. The van der Waals surface area contributed by atoms with Crippen LogP contribution in [-0.2, 0) is 4.79 Å². The number of aliphatic carboxylic acids is 1. The molecule has 88 valence electrons. The molecule has 0 aromatic heterocycles. The molecule has 3 nitrogen and oxygen atoms in total. The van der Waals surface area contributed by atoms with E-state index in [2.05, 4.69) is 11.8 Å². The third kappa shape index (κ3) is 4.65. The third-order valence-corrected chi connectivity index (χ3v) is 3.36. The smallest absolute Gasteiger partial charge is 0.304 e. The highest BCUT2D eigenvalue weighted by Crippen LogP contribution is 2.21. The van der Waals surface area contributed by atoms with E-state index in [-0.39, 0.29) is 6.42 Å². The summed E-state index contributed by atoms with van der Waals surface area (Å²) in [5.74, 6) is -0.679. The largest absolute Gasteiger partial charge is 0.481 e. The van der Waals surface area contributed by atoms with Crippen molar-refractivity contribution in [1.82, 2.24) is 4.90 Å². The summed E-state index contributed by atoms with van der Waals surface area (Å²) in [5.41, 5.74) is 0. The number of carboxylic acid groups (broad SMARTS) is 1. The molecular weight excluding hydrogens is 190 g/mol. The van der Waals surface area contributed by atoms with Gasteiger partial charge in [-0.2, -0.15) is 0 Å². The highest BCUT2D eigenvalue weighted by Gasteiger charge is 2.18. The van der Waals surface area contributed by atoms with Crippen LogP contribution in [0, 0.1) is 0 Å². The Hall–Kier alpha value is -0.570. The van der Waals surface area contributed by atoms with Gasteiger partial charge < -0.3 is 10.0 Å². The van der Waals surface area contributed by atoms with Crippen LogP contribution in [0.4, 0.5) is 0 Å². The molecule has 1 rings (SSSR count). The van der Waals surface area contributed by atoms with E-state index in [1.165, 1.54) is 38.5 Å². The van der Waals surface area contributed by atoms with Crippen LogP contribution in [0.3, 0.4) is 0 Å². The van der Waals surface area contributed by atoms with Gasteiger partial charge in [0.05, 0.1) is 6.42 Å². The Morgan fingerprint density at radius 1 is 1.27 bits per heavy atom. The first-order chi connectivity index (χ1) is 7.24. The van der Waals surface area contributed by atoms with Gasteiger partial charge in [0.1, 0.15) is 0 Å². The monoisotopic (exact) mass is 213 g/mol. The van der Waals surface area contributed by atoms with Crippen molar-refractivity contribution < 1.29 is 9.90 Å². The molecule has 1 saturated carbocycles. The molecule has 0 heterocycles. The lowest BCUT2D eigenvalue weighted by atomic mass is 10.1. The lowest BCUT2D eigenvalue weighted by Gasteiger charge is -2.29. The fourth-order valence-corrected chi connectivity index (χ4v) is 2.46. The first-order valence-electron chi connectivity index (χ1n) is 6.20. The second-order valence-corrected chi connectivity index (χ2v) is 4.42. The summed E-state index contributed by atoms with van der Waals surface area (Å²) in [7, 11) is 0. The molecule has 1 fully saturated rings. The van der Waals surface area contributed by atoms with Gasteiger partial charge in [-0.15, -0.1) is 0 Å². The Balaban J connectivity index is 2.37. The van der Waals surface area contributed by atoms with Gasteiger partial charge in [0.25, 0.3) is 0 Å². The summed E-state index contributed by atoms with van der Waals surface area (Å²) in [5, 5.41) is 8.69. The molecular formula is C12H23NO2. The van der Waals surface area contributed by atoms with Crippen LogP contribution in [0.2, 0.25) is 0 Å². The zero-order valence-corrected chi connectivity index (χ0v) is 9.74. The van der Waals surface area contributed by atoms with Crippen molar-refractivity contribution in [2.24, 2.45) is 0 Å². The molecule has 0 aromatic rings. The van der Waals surface area contributed by atoms with Crippen molar-refractivity contribution in [1.29, 1.82) is 0 Å². The molecule has 1 aliphatic carbocycles. The Morgan fingerprint density at radius 2 is 1.87 bits per heavy atom. The minimum Gasteiger partial charge on any atom is -0.481 e. The van der Waals surface area contributed by atoms with Crippen LogP contribution in [0.5, 0.6) is 0 Å². The maximum absolute atomic E-state index is 10.5. The molecule has 0 bridgehead atoms. The molecule has 0 radical (unpaired) electrons. The van der Waals surface area contributed by atoms with Crippen molar-refractivity contribution in [3.8, 4) is 0 Å². The second kappa shape index (κ2) is 6.83. The average molecular weight is 213 g/mol. The van der Waals surface area contributed by atoms with E-state index in [0.29, 0.717) is 6.04 Å². The van der Waals surface area contributed by atoms with Crippen molar-refractivity contribution in [2.45, 2.75) is 57.9 Å². The molecule has 0 saturated heterocycles. The molecule has 1 N–H and O–H groups in total. The van der Waals surface area contributed by atoms with Gasteiger partial charge in [-0.25, -0.2) is 0 Å². The lowest BCUT2D eigenvalue weighted by Crippen LogP contribution is -2.36. The first kappa shape index (κ1) is 12.5. The fourth-order valence-electron chi connectivity index (χ4n) is 2.46. The summed E-state index contributed by atoms with van der Waals surface area (Å²) < 4.78 is 0. The Bertz CT molecular complexity index is 186. The summed E-state index contributed by atoms with van der Waals surface area (Å²) in [4.78, 5) is 12.9. The summed E-state index contributed by atoms with van der Waals surface area (Å²) in [6.07, 6.45) is 8.13. The van der Waals surface area contributed by atoms with Crippen molar-refractivity contribution >= 4 is 5.97 Å². The zero-order chi connectivity index (χ0) is 11.1. The fraction of sp³-hybridized carbons (Fsp3) is 0.917. The van der Waals surface area contributed by atoms with Crippen LogP contribution < -0.4 is 0 Å². The molecule has 0 amide bonds. The predicted octanol–water partition coefficient (Wildman–Crippen LogP) is 2.51. The first-order valence-corrected chi connectivity index (χ1v) is 6.20. The van der Waals surface area contributed by atoms with Crippen LogP contribution in [-0.4, -0.2) is 35.1 Å². The minimum absolute atomic E-state index is 0.282. The Kier molecular flexibility index (Phi) is 5.69. The van der Waals surface area contributed by atoms with Gasteiger partial charge in [0.15, 0.2) is 0 Å². The van der Waals surface area contributed by atoms with E-state index in [1.54, 1.807) is 0 Å². The number of hydrogen-bond donors (Lipinski definition) is 1. The number of carbonyl (C=O) groups is 1. The summed E-state index contributed by atoms with van der Waals surface area (Å²) in [6.45, 7) is 3.83. The highest BCUT2D eigenvalue weighted by molar-refractivity contribution is 5.66. The zero-order valence-electron chi connectivity index (χ0n) is 9.74. The van der Waals surface area contributed by atoms with Crippen LogP contribution in [0.15, 0.2) is 0 Å². The van der Waals surface area contributed by atoms with Gasteiger partial charge in [-0.1, -0.05) is 32.6 Å². The van der Waals surface area contributed by atoms with E-state index >= 15 is 0 Å². The summed E-state index contributed by atoms with van der Waals surface area (Å²) >= 11 is 0. The van der Waals surface area contributed by atoms with Crippen molar-refractivity contribution in [2.75, 3.05) is 13.1 Å². The van der Waals surface area contributed by atoms with Gasteiger partial charge in [-0.3, -0.25) is 4.79 Å². The van der Waals surface area contributed by atoms with Gasteiger partial charge in [0, 0.05) is 12.6 Å². The van der Waals surface area contributed by atoms with Gasteiger partial charge >= 0.3 is 5.97 Å². The Labute approximate surface area is 92.5 Å². The van der Waals surface area contributed by atoms with E-state index in [1.807, 2.05) is 0 Å². The molecule has 0 atom stereocenters. The standard InChI is InChI=1S/C12H23NO2/c1-2-13(10-9-12(14)15)11-7-5-3-4-6-8-11/h11H,2-10H2,1H3,(H,14,15). The number of rotatable bonds is 5. The third-order valence-electron chi connectivity index (χ3n) is 3.36. The van der Waals surface area contributed by atoms with Crippen LogP contribution in [0.25, 0.3) is 0 Å². The minimum atomic E-state index is -0.679. The maximum atomic E-state index is 10.5. The molecule has 1 aliphatic rings. The quantitative estimate of drug-likeness (QED) is 0.713. The van der Waals surface area contributed by atoms with Gasteiger partial charge in [0.2, 0.25) is 0 Å². The molecule has 15 heavy (non-hydrogen) atoms. The van der Waals surface area contributed by atoms with Crippen molar-refractivity contribution in [3.63, 3.8) is 0 Å². The van der Waals surface area contributed by atoms with Gasteiger partial charge in [-0.05, 0) is 19.4 Å². The predicted molar refractivity (Wildman–Crippen MR) is 61.0 cm³/mol. The number of nitrogens with zero attached hydrogens (tertiary/aromatic N) is 1. The average Bonchev–Trinajstić information content (AvgIpc) is 2.47. The maximum Gasteiger partial charge on any atom is 0.304 e. The molecule has 0 aliphatic heterocycles. The van der Waals surface area contributed by atoms with E-state index in [9.17, 15) is 4.79 Å². The molecule has 0 aromatic carbocycles.